The minimum absolute atomic E-state index is 0.218. The number of nitrogens with two attached hydrogens (primary N) is 1. The fourth-order valence-electron chi connectivity index (χ4n) is 2.23. The molecule has 19 heavy (non-hydrogen) atoms. The van der Waals surface area contributed by atoms with Gasteiger partial charge >= 0.3 is 0 Å². The van der Waals surface area contributed by atoms with Crippen LogP contribution in [0.15, 0.2) is 30.5 Å². The fraction of sp³-hybridized carbons (Fsp3) is 0.357. The van der Waals surface area contributed by atoms with E-state index in [0.717, 1.165) is 29.2 Å². The van der Waals surface area contributed by atoms with Gasteiger partial charge in [-0.15, -0.1) is 0 Å². The van der Waals surface area contributed by atoms with Crippen LogP contribution in [0.2, 0.25) is 0 Å². The molecule has 0 bridgehead atoms. The van der Waals surface area contributed by atoms with Crippen LogP contribution >= 0.6 is 0 Å². The average Bonchev–Trinajstić information content (AvgIpc) is 2.72. The first-order valence-electron chi connectivity index (χ1n) is 6.39. The summed E-state index contributed by atoms with van der Waals surface area (Å²) in [6, 6.07) is 7.56. The molecule has 2 N–H and O–H groups in total. The molecule has 5 nitrogen and oxygen atoms in total. The zero-order chi connectivity index (χ0) is 13.2. The van der Waals surface area contributed by atoms with Crippen molar-refractivity contribution in [3.63, 3.8) is 0 Å². The van der Waals surface area contributed by atoms with Gasteiger partial charge in [-0.3, -0.25) is 4.68 Å². The highest BCUT2D eigenvalue weighted by molar-refractivity contribution is 5.45. The van der Waals surface area contributed by atoms with E-state index in [1.54, 1.807) is 10.9 Å². The second-order valence-corrected chi connectivity index (χ2v) is 4.61. The largest absolute Gasteiger partial charge is 0.490 e. The van der Waals surface area contributed by atoms with Gasteiger partial charge in [-0.1, -0.05) is 6.07 Å². The summed E-state index contributed by atoms with van der Waals surface area (Å²) in [5, 5.41) is 4.15. The number of hydrogen-bond donors (Lipinski definition) is 1. The summed E-state index contributed by atoms with van der Waals surface area (Å²) in [5.74, 6) is 1.56. The van der Waals surface area contributed by atoms with Crippen LogP contribution in [0.5, 0.6) is 11.5 Å². The highest BCUT2D eigenvalue weighted by atomic mass is 16.5. The highest BCUT2D eigenvalue weighted by Crippen LogP contribution is 2.33. The molecular formula is C14H17N3O2. The van der Waals surface area contributed by atoms with Crippen molar-refractivity contribution >= 4 is 0 Å². The van der Waals surface area contributed by atoms with Crippen molar-refractivity contribution in [3.05, 3.63) is 41.7 Å². The second-order valence-electron chi connectivity index (χ2n) is 4.61. The molecule has 1 aromatic carbocycles. The van der Waals surface area contributed by atoms with Gasteiger partial charge in [0.2, 0.25) is 0 Å². The van der Waals surface area contributed by atoms with Gasteiger partial charge in [0, 0.05) is 19.7 Å². The Bertz CT molecular complexity index is 580. The number of hydrogen-bond acceptors (Lipinski definition) is 4. The Kier molecular flexibility index (Phi) is 3.13. The number of aromatic nitrogens is 2. The van der Waals surface area contributed by atoms with Gasteiger partial charge in [0.15, 0.2) is 11.5 Å². The van der Waals surface area contributed by atoms with E-state index in [1.165, 1.54) is 0 Å². The number of nitrogens with zero attached hydrogens (tertiary/aromatic N) is 2. The normalized spacial score (nSPS) is 15.9. The Morgan fingerprint density at radius 3 is 2.74 bits per heavy atom. The third-order valence-electron chi connectivity index (χ3n) is 3.31. The molecule has 0 saturated heterocycles. The number of aryl methyl sites for hydroxylation is 1. The maximum absolute atomic E-state index is 6.28. The molecule has 100 valence electrons. The predicted octanol–water partition coefficient (Wildman–Crippen LogP) is 1.63. The third-order valence-corrected chi connectivity index (χ3v) is 3.31. The van der Waals surface area contributed by atoms with Gasteiger partial charge in [0.25, 0.3) is 0 Å². The molecular weight excluding hydrogens is 242 g/mol. The van der Waals surface area contributed by atoms with Gasteiger partial charge < -0.3 is 15.2 Å². The van der Waals surface area contributed by atoms with Gasteiger partial charge in [-0.05, 0) is 23.8 Å². The fourth-order valence-corrected chi connectivity index (χ4v) is 2.23. The quantitative estimate of drug-likeness (QED) is 0.890. The SMILES string of the molecule is Cn1nccc1C(N)c1ccc2c(c1)OCCCO2. The summed E-state index contributed by atoms with van der Waals surface area (Å²) in [4.78, 5) is 0. The summed E-state index contributed by atoms with van der Waals surface area (Å²) < 4.78 is 13.1. The number of benzene rings is 1. The smallest absolute Gasteiger partial charge is 0.161 e. The lowest BCUT2D eigenvalue weighted by atomic mass is 10.0. The molecule has 1 unspecified atom stereocenters. The maximum atomic E-state index is 6.28. The summed E-state index contributed by atoms with van der Waals surface area (Å²) in [7, 11) is 1.89. The molecule has 2 heterocycles. The summed E-state index contributed by atoms with van der Waals surface area (Å²) in [6.07, 6.45) is 2.65. The van der Waals surface area contributed by atoms with Crippen molar-refractivity contribution in [1.82, 2.24) is 9.78 Å². The number of ether oxygens (including phenoxy) is 2. The standard InChI is InChI=1S/C14H17N3O2/c1-17-11(5-6-16-17)14(15)10-3-4-12-13(9-10)19-8-2-7-18-12/h3-6,9,14H,2,7-8,15H2,1H3. The molecule has 5 heteroatoms. The molecule has 1 aliphatic rings. The molecule has 0 fully saturated rings. The van der Waals surface area contributed by atoms with E-state index in [4.69, 9.17) is 15.2 Å². The first-order chi connectivity index (χ1) is 9.25. The second kappa shape index (κ2) is 4.93. The van der Waals surface area contributed by atoms with Crippen LogP contribution in [0.1, 0.15) is 23.7 Å². The summed E-state index contributed by atoms with van der Waals surface area (Å²) in [6.45, 7) is 1.37. The average molecular weight is 259 g/mol. The zero-order valence-electron chi connectivity index (χ0n) is 10.9. The lowest BCUT2D eigenvalue weighted by Gasteiger charge is -2.15. The molecule has 1 aliphatic heterocycles. The minimum atomic E-state index is -0.218. The van der Waals surface area contributed by atoms with E-state index in [2.05, 4.69) is 5.10 Å². The Labute approximate surface area is 111 Å². The van der Waals surface area contributed by atoms with Crippen LogP contribution in [0.4, 0.5) is 0 Å². The lowest BCUT2D eigenvalue weighted by molar-refractivity contribution is 0.297. The molecule has 0 radical (unpaired) electrons. The molecule has 0 aliphatic carbocycles. The monoisotopic (exact) mass is 259 g/mol. The molecule has 1 atom stereocenters. The van der Waals surface area contributed by atoms with E-state index >= 15 is 0 Å². The Morgan fingerprint density at radius 2 is 2.00 bits per heavy atom. The first-order valence-corrected chi connectivity index (χ1v) is 6.39. The lowest BCUT2D eigenvalue weighted by Crippen LogP contribution is -2.16. The van der Waals surface area contributed by atoms with E-state index in [1.807, 2.05) is 31.3 Å². The first kappa shape index (κ1) is 12.0. The van der Waals surface area contributed by atoms with Crippen LogP contribution in [0, 0.1) is 0 Å². The third kappa shape index (κ3) is 2.29. The van der Waals surface area contributed by atoms with Crippen molar-refractivity contribution in [2.24, 2.45) is 12.8 Å². The Balaban J connectivity index is 1.93. The maximum Gasteiger partial charge on any atom is 0.161 e. The molecule has 0 saturated carbocycles. The molecule has 0 amide bonds. The van der Waals surface area contributed by atoms with Gasteiger partial charge in [0.05, 0.1) is 24.9 Å². The minimum Gasteiger partial charge on any atom is -0.490 e. The Morgan fingerprint density at radius 1 is 1.21 bits per heavy atom. The van der Waals surface area contributed by atoms with Crippen molar-refractivity contribution in [1.29, 1.82) is 0 Å². The van der Waals surface area contributed by atoms with Crippen molar-refractivity contribution < 1.29 is 9.47 Å². The molecule has 1 aromatic heterocycles. The topological polar surface area (TPSA) is 62.3 Å². The van der Waals surface area contributed by atoms with Crippen molar-refractivity contribution in [2.45, 2.75) is 12.5 Å². The van der Waals surface area contributed by atoms with Gasteiger partial charge in [-0.25, -0.2) is 0 Å². The Hall–Kier alpha value is -2.01. The molecule has 0 spiro atoms. The van der Waals surface area contributed by atoms with Crippen molar-refractivity contribution in [2.75, 3.05) is 13.2 Å². The predicted molar refractivity (Wildman–Crippen MR) is 71.3 cm³/mol. The number of rotatable bonds is 2. The van der Waals surface area contributed by atoms with E-state index in [-0.39, 0.29) is 6.04 Å². The van der Waals surface area contributed by atoms with E-state index in [0.29, 0.717) is 13.2 Å². The van der Waals surface area contributed by atoms with Crippen LogP contribution < -0.4 is 15.2 Å². The van der Waals surface area contributed by atoms with Crippen LogP contribution in [-0.2, 0) is 7.05 Å². The number of fused-ring (bicyclic) bond motifs is 1. The van der Waals surface area contributed by atoms with Crippen LogP contribution in [-0.4, -0.2) is 23.0 Å². The van der Waals surface area contributed by atoms with Crippen LogP contribution in [0.3, 0.4) is 0 Å². The van der Waals surface area contributed by atoms with E-state index in [9.17, 15) is 0 Å². The van der Waals surface area contributed by atoms with Crippen LogP contribution in [0.25, 0.3) is 0 Å². The zero-order valence-corrected chi connectivity index (χ0v) is 10.9. The van der Waals surface area contributed by atoms with Gasteiger partial charge in [-0.2, -0.15) is 5.10 Å². The molecule has 3 rings (SSSR count). The highest BCUT2D eigenvalue weighted by Gasteiger charge is 2.16. The van der Waals surface area contributed by atoms with Crippen molar-refractivity contribution in [3.8, 4) is 11.5 Å². The summed E-state index contributed by atoms with van der Waals surface area (Å²) >= 11 is 0. The molecule has 2 aromatic rings. The summed E-state index contributed by atoms with van der Waals surface area (Å²) in [5.41, 5.74) is 8.24. The van der Waals surface area contributed by atoms with E-state index < -0.39 is 0 Å². The van der Waals surface area contributed by atoms with Gasteiger partial charge in [0.1, 0.15) is 0 Å².